The van der Waals surface area contributed by atoms with Crippen LogP contribution in [0.4, 0.5) is 10.5 Å². The fraction of sp³-hybridized carbons (Fsp3) is 0.533. The van der Waals surface area contributed by atoms with E-state index in [9.17, 15) is 9.59 Å². The van der Waals surface area contributed by atoms with Gasteiger partial charge in [0, 0.05) is 45.3 Å². The Balaban J connectivity index is 1.75. The second-order valence-corrected chi connectivity index (χ2v) is 11.0. The lowest BCUT2D eigenvalue weighted by molar-refractivity contribution is 0.0239. The van der Waals surface area contributed by atoms with E-state index in [1.54, 1.807) is 4.90 Å². The number of piperidine rings is 1. The van der Waals surface area contributed by atoms with Gasteiger partial charge < -0.3 is 24.2 Å². The summed E-state index contributed by atoms with van der Waals surface area (Å²) in [6.07, 6.45) is 2.97. The van der Waals surface area contributed by atoms with Crippen LogP contribution >= 0.6 is 0 Å². The summed E-state index contributed by atoms with van der Waals surface area (Å²) >= 11 is 0. The zero-order chi connectivity index (χ0) is 27.0. The minimum Gasteiger partial charge on any atom is -0.489 e. The van der Waals surface area contributed by atoms with Crippen molar-refractivity contribution in [3.63, 3.8) is 0 Å². The van der Waals surface area contributed by atoms with Gasteiger partial charge in [-0.25, -0.2) is 4.79 Å². The van der Waals surface area contributed by atoms with Gasteiger partial charge in [0.1, 0.15) is 11.4 Å². The smallest absolute Gasteiger partial charge is 0.410 e. The van der Waals surface area contributed by atoms with E-state index in [0.717, 1.165) is 42.9 Å². The molecule has 1 saturated heterocycles. The average Bonchev–Trinajstić information content (AvgIpc) is 2.85. The van der Waals surface area contributed by atoms with E-state index in [-0.39, 0.29) is 18.1 Å². The van der Waals surface area contributed by atoms with Gasteiger partial charge >= 0.3 is 6.09 Å². The standard InChI is InChI=1S/C30H43N3O4/c1-23(2)36-27-16-9-8-15-26(27)31(6)19-20-33(29(35)37-30(3,4)5)22-24-13-12-14-25(21-24)28(34)32-17-10-7-11-18-32/h8-9,12-16,21,23H,7,10-11,17-20,22H2,1-6H3. The Bertz CT molecular complexity index is 1040. The number of hydrogen-bond donors (Lipinski definition) is 0. The van der Waals surface area contributed by atoms with Crippen molar-refractivity contribution >= 4 is 17.7 Å². The van der Waals surface area contributed by atoms with Crippen LogP contribution in [-0.2, 0) is 11.3 Å². The molecule has 0 N–H and O–H groups in total. The maximum Gasteiger partial charge on any atom is 0.410 e. The van der Waals surface area contributed by atoms with Gasteiger partial charge in [-0.3, -0.25) is 4.79 Å². The van der Waals surface area contributed by atoms with Crippen LogP contribution in [-0.4, -0.2) is 66.7 Å². The third-order valence-electron chi connectivity index (χ3n) is 6.19. The zero-order valence-corrected chi connectivity index (χ0v) is 23.3. The van der Waals surface area contributed by atoms with Crippen LogP contribution in [0.15, 0.2) is 48.5 Å². The van der Waals surface area contributed by atoms with Crippen LogP contribution < -0.4 is 9.64 Å². The topological polar surface area (TPSA) is 62.3 Å². The molecule has 0 aliphatic carbocycles. The zero-order valence-electron chi connectivity index (χ0n) is 23.3. The summed E-state index contributed by atoms with van der Waals surface area (Å²) in [4.78, 5) is 31.9. The Morgan fingerprint density at radius 3 is 2.35 bits per heavy atom. The summed E-state index contributed by atoms with van der Waals surface area (Å²) in [6, 6.07) is 15.5. The van der Waals surface area contributed by atoms with Crippen molar-refractivity contribution in [2.24, 2.45) is 0 Å². The van der Waals surface area contributed by atoms with Gasteiger partial charge in [0.05, 0.1) is 11.8 Å². The van der Waals surface area contributed by atoms with Gasteiger partial charge in [0.25, 0.3) is 5.91 Å². The van der Waals surface area contributed by atoms with Crippen LogP contribution in [0.1, 0.15) is 69.8 Å². The number of carbonyl (C=O) groups excluding carboxylic acids is 2. The van der Waals surface area contributed by atoms with E-state index in [4.69, 9.17) is 9.47 Å². The summed E-state index contributed by atoms with van der Waals surface area (Å²) in [6.45, 7) is 12.6. The normalized spacial score (nSPS) is 13.9. The monoisotopic (exact) mass is 509 g/mol. The minimum absolute atomic E-state index is 0.0619. The second-order valence-electron chi connectivity index (χ2n) is 11.0. The first-order valence-electron chi connectivity index (χ1n) is 13.4. The van der Waals surface area contributed by atoms with E-state index >= 15 is 0 Å². The summed E-state index contributed by atoms with van der Waals surface area (Å²) < 4.78 is 11.7. The van der Waals surface area contributed by atoms with Gasteiger partial charge in [-0.15, -0.1) is 0 Å². The van der Waals surface area contributed by atoms with Gasteiger partial charge in [-0.05, 0) is 83.7 Å². The average molecular weight is 510 g/mol. The number of benzene rings is 2. The molecule has 37 heavy (non-hydrogen) atoms. The molecule has 2 aromatic carbocycles. The van der Waals surface area contributed by atoms with Gasteiger partial charge in [-0.1, -0.05) is 24.3 Å². The molecular weight excluding hydrogens is 466 g/mol. The largest absolute Gasteiger partial charge is 0.489 e. The molecule has 2 amide bonds. The molecule has 0 atom stereocenters. The van der Waals surface area contributed by atoms with Crippen LogP contribution in [0.2, 0.25) is 0 Å². The highest BCUT2D eigenvalue weighted by molar-refractivity contribution is 5.94. The molecule has 3 rings (SSSR count). The Hall–Kier alpha value is -3.22. The SMILES string of the molecule is CC(C)Oc1ccccc1N(C)CCN(Cc1cccc(C(=O)N2CCCCC2)c1)C(=O)OC(C)(C)C. The van der Waals surface area contributed by atoms with Gasteiger partial charge in [-0.2, -0.15) is 0 Å². The number of nitrogens with zero attached hydrogens (tertiary/aromatic N) is 3. The number of para-hydroxylation sites is 2. The van der Waals surface area contributed by atoms with Crippen LogP contribution in [0.25, 0.3) is 0 Å². The molecule has 202 valence electrons. The first kappa shape index (κ1) is 28.4. The Labute approximate surface area is 222 Å². The molecule has 1 aliphatic heterocycles. The molecule has 0 aromatic heterocycles. The van der Waals surface area contributed by atoms with Crippen molar-refractivity contribution in [2.75, 3.05) is 38.1 Å². The lowest BCUT2D eigenvalue weighted by Crippen LogP contribution is -2.40. The molecular formula is C30H43N3O4. The Morgan fingerprint density at radius 2 is 1.68 bits per heavy atom. The van der Waals surface area contributed by atoms with Crippen LogP contribution in [0.3, 0.4) is 0 Å². The van der Waals surface area contributed by atoms with Crippen molar-refractivity contribution < 1.29 is 19.1 Å². The molecule has 0 unspecified atom stereocenters. The van der Waals surface area contributed by atoms with Crippen LogP contribution in [0, 0.1) is 0 Å². The molecule has 0 bridgehead atoms. The Kier molecular flexibility index (Phi) is 9.84. The molecule has 7 heteroatoms. The summed E-state index contributed by atoms with van der Waals surface area (Å²) in [5, 5.41) is 0. The van der Waals surface area contributed by atoms with Crippen molar-refractivity contribution in [2.45, 2.75) is 72.1 Å². The van der Waals surface area contributed by atoms with Crippen molar-refractivity contribution in [1.29, 1.82) is 0 Å². The predicted molar refractivity (Wildman–Crippen MR) is 148 cm³/mol. The lowest BCUT2D eigenvalue weighted by Gasteiger charge is -2.30. The second kappa shape index (κ2) is 12.8. The van der Waals surface area contributed by atoms with E-state index in [1.807, 2.05) is 95.1 Å². The highest BCUT2D eigenvalue weighted by Crippen LogP contribution is 2.28. The molecule has 1 heterocycles. The van der Waals surface area contributed by atoms with Gasteiger partial charge in [0.15, 0.2) is 0 Å². The summed E-state index contributed by atoms with van der Waals surface area (Å²) in [5.41, 5.74) is 1.93. The van der Waals surface area contributed by atoms with Crippen LogP contribution in [0.5, 0.6) is 5.75 Å². The highest BCUT2D eigenvalue weighted by Gasteiger charge is 2.24. The van der Waals surface area contributed by atoms with E-state index in [2.05, 4.69) is 4.90 Å². The molecule has 0 saturated carbocycles. The molecule has 2 aromatic rings. The van der Waals surface area contributed by atoms with E-state index in [1.165, 1.54) is 6.42 Å². The highest BCUT2D eigenvalue weighted by atomic mass is 16.6. The minimum atomic E-state index is -0.606. The molecule has 0 spiro atoms. The number of amides is 2. The van der Waals surface area contributed by atoms with Crippen molar-refractivity contribution in [3.8, 4) is 5.75 Å². The maximum atomic E-state index is 13.2. The van der Waals surface area contributed by atoms with Crippen molar-refractivity contribution in [3.05, 3.63) is 59.7 Å². The third kappa shape index (κ3) is 8.69. The number of rotatable bonds is 9. The summed E-state index contributed by atoms with van der Waals surface area (Å²) in [5.74, 6) is 0.875. The lowest BCUT2D eigenvalue weighted by atomic mass is 10.1. The van der Waals surface area contributed by atoms with Gasteiger partial charge in [0.2, 0.25) is 0 Å². The number of hydrogen-bond acceptors (Lipinski definition) is 5. The molecule has 1 aliphatic rings. The van der Waals surface area contributed by atoms with E-state index in [0.29, 0.717) is 25.2 Å². The molecule has 1 fully saturated rings. The number of ether oxygens (including phenoxy) is 2. The Morgan fingerprint density at radius 1 is 0.973 bits per heavy atom. The van der Waals surface area contributed by atoms with Crippen molar-refractivity contribution in [1.82, 2.24) is 9.80 Å². The fourth-order valence-electron chi connectivity index (χ4n) is 4.38. The maximum absolute atomic E-state index is 13.2. The summed E-state index contributed by atoms with van der Waals surface area (Å²) in [7, 11) is 1.99. The first-order valence-corrected chi connectivity index (χ1v) is 13.4. The fourth-order valence-corrected chi connectivity index (χ4v) is 4.38. The number of likely N-dealkylation sites (N-methyl/N-ethyl adjacent to an activating group) is 1. The predicted octanol–water partition coefficient (Wildman–Crippen LogP) is 5.97. The number of carbonyl (C=O) groups is 2. The van der Waals surface area contributed by atoms with E-state index < -0.39 is 5.60 Å². The number of anilines is 1. The first-order chi connectivity index (χ1) is 17.5. The molecule has 7 nitrogen and oxygen atoms in total. The quantitative estimate of drug-likeness (QED) is 0.417. The third-order valence-corrected chi connectivity index (χ3v) is 6.19. The number of likely N-dealkylation sites (tertiary alicyclic amines) is 1. The molecule has 0 radical (unpaired) electrons.